The molecule has 2 N–H and O–H groups in total. The Morgan fingerprint density at radius 1 is 1.42 bits per heavy atom. The maximum atomic E-state index is 10.9. The average Bonchev–Trinajstić information content (AvgIpc) is 2.81. The Morgan fingerprint density at radius 3 is 2.95 bits per heavy atom. The van der Waals surface area contributed by atoms with Crippen LogP contribution in [-0.4, -0.2) is 48.9 Å². The van der Waals surface area contributed by atoms with Crippen LogP contribution in [0.4, 0.5) is 0 Å². The number of hydrogen-bond acceptors (Lipinski definition) is 7. The van der Waals surface area contributed by atoms with E-state index in [1.165, 1.54) is 6.20 Å². The molecule has 0 amide bonds. The predicted molar refractivity (Wildman–Crippen MR) is 65.7 cm³/mol. The third-order valence-corrected chi connectivity index (χ3v) is 4.06. The van der Waals surface area contributed by atoms with Crippen molar-refractivity contribution in [1.82, 2.24) is 14.9 Å². The summed E-state index contributed by atoms with van der Waals surface area (Å²) in [6.07, 6.45) is 2.18. The number of fused-ring (bicyclic) bond motifs is 1. The van der Waals surface area contributed by atoms with E-state index in [1.54, 1.807) is 0 Å². The van der Waals surface area contributed by atoms with Gasteiger partial charge in [-0.1, -0.05) is 0 Å². The minimum absolute atomic E-state index is 0.00260. The van der Waals surface area contributed by atoms with E-state index in [-0.39, 0.29) is 17.1 Å². The van der Waals surface area contributed by atoms with Gasteiger partial charge >= 0.3 is 0 Å². The second-order valence-corrected chi connectivity index (χ2v) is 5.82. The van der Waals surface area contributed by atoms with Gasteiger partial charge in [-0.05, 0) is 17.5 Å². The van der Waals surface area contributed by atoms with E-state index in [1.807, 2.05) is 0 Å². The fourth-order valence-electron chi connectivity index (χ4n) is 2.57. The second kappa shape index (κ2) is 5.22. The lowest BCUT2D eigenvalue weighted by Gasteiger charge is -2.33. The molecule has 1 unspecified atom stereocenters. The maximum Gasteiger partial charge on any atom is 0.132 e. The molecule has 2 aliphatic heterocycles. The molecule has 2 aliphatic rings. The lowest BCUT2D eigenvalue weighted by Crippen LogP contribution is -2.46. The number of aromatic nitrogens is 2. The molecule has 1 saturated heterocycles. The summed E-state index contributed by atoms with van der Waals surface area (Å²) < 4.78 is 27.2. The highest BCUT2D eigenvalue weighted by Crippen LogP contribution is 2.25. The lowest BCUT2D eigenvalue weighted by molar-refractivity contribution is 0.00509. The maximum absolute atomic E-state index is 10.9. The van der Waals surface area contributed by atoms with Crippen LogP contribution >= 0.6 is 0 Å². The number of rotatable bonds is 2. The molecule has 1 aromatic rings. The molecule has 0 aromatic carbocycles. The van der Waals surface area contributed by atoms with Crippen LogP contribution in [0.15, 0.2) is 11.2 Å². The molecule has 19 heavy (non-hydrogen) atoms. The van der Waals surface area contributed by atoms with Gasteiger partial charge in [-0.3, -0.25) is 14.1 Å². The van der Waals surface area contributed by atoms with Crippen LogP contribution in [0.3, 0.4) is 0 Å². The third kappa shape index (κ3) is 2.67. The van der Waals surface area contributed by atoms with Crippen LogP contribution in [0.5, 0.6) is 0 Å². The zero-order valence-electron chi connectivity index (χ0n) is 10.3. The van der Waals surface area contributed by atoms with Gasteiger partial charge in [-0.2, -0.15) is 0 Å². The van der Waals surface area contributed by atoms with Crippen molar-refractivity contribution in [3.8, 4) is 0 Å². The molecule has 0 saturated carbocycles. The van der Waals surface area contributed by atoms with Gasteiger partial charge in [0.15, 0.2) is 0 Å². The van der Waals surface area contributed by atoms with E-state index in [9.17, 15) is 8.76 Å². The molecule has 8 heteroatoms. The quantitative estimate of drug-likeness (QED) is 0.705. The highest BCUT2D eigenvalue weighted by molar-refractivity contribution is 7.79. The number of nitrogens with zero attached hydrogens (tertiary/aromatic N) is 3. The highest BCUT2D eigenvalue weighted by Gasteiger charge is 2.31. The summed E-state index contributed by atoms with van der Waals surface area (Å²) >= 11 is -2.33. The Bertz CT molecular complexity index is 513. The Morgan fingerprint density at radius 2 is 2.21 bits per heavy atom. The van der Waals surface area contributed by atoms with Crippen molar-refractivity contribution in [1.29, 1.82) is 0 Å². The van der Waals surface area contributed by atoms with Gasteiger partial charge in [0.05, 0.1) is 30.8 Å². The van der Waals surface area contributed by atoms with Crippen molar-refractivity contribution < 1.29 is 13.5 Å². The van der Waals surface area contributed by atoms with E-state index in [2.05, 4.69) is 14.9 Å². The molecule has 1 aromatic heterocycles. The van der Waals surface area contributed by atoms with E-state index < -0.39 is 11.1 Å². The molecule has 0 radical (unpaired) electrons. The van der Waals surface area contributed by atoms with Gasteiger partial charge in [0, 0.05) is 25.2 Å². The van der Waals surface area contributed by atoms with Crippen LogP contribution in [0.25, 0.3) is 0 Å². The van der Waals surface area contributed by atoms with Crippen molar-refractivity contribution >= 4 is 11.1 Å². The minimum atomic E-state index is -2.33. The third-order valence-electron chi connectivity index (χ3n) is 3.52. The van der Waals surface area contributed by atoms with E-state index >= 15 is 0 Å². The molecule has 0 bridgehead atoms. The van der Waals surface area contributed by atoms with Crippen LogP contribution in [0.1, 0.15) is 17.8 Å². The van der Waals surface area contributed by atoms with Gasteiger partial charge in [0.2, 0.25) is 0 Å². The molecular formula is C11H15N4O3S-. The van der Waals surface area contributed by atoms with Gasteiger partial charge in [0.25, 0.3) is 0 Å². The van der Waals surface area contributed by atoms with E-state index in [0.29, 0.717) is 26.3 Å². The second-order valence-electron chi connectivity index (χ2n) is 4.93. The summed E-state index contributed by atoms with van der Waals surface area (Å²) in [7, 11) is 0. The predicted octanol–water partition coefficient (Wildman–Crippen LogP) is -0.854. The molecule has 3 atom stereocenters. The molecule has 3 heterocycles. The van der Waals surface area contributed by atoms with Gasteiger partial charge in [0.1, 0.15) is 5.03 Å². The summed E-state index contributed by atoms with van der Waals surface area (Å²) in [4.78, 5) is 10.5. The summed E-state index contributed by atoms with van der Waals surface area (Å²) in [6.45, 7) is 2.54. The fraction of sp³-hybridized carbons (Fsp3) is 0.636. The first kappa shape index (κ1) is 13.1. The van der Waals surface area contributed by atoms with E-state index in [0.717, 1.165) is 17.8 Å². The van der Waals surface area contributed by atoms with Crippen molar-refractivity contribution in [3.63, 3.8) is 0 Å². The summed E-state index contributed by atoms with van der Waals surface area (Å²) in [5, 5.41) is -0.00260. The molecule has 0 aliphatic carbocycles. The van der Waals surface area contributed by atoms with Crippen LogP contribution in [0, 0.1) is 0 Å². The number of hydrogen-bond donors (Lipinski definition) is 1. The van der Waals surface area contributed by atoms with Gasteiger partial charge < -0.3 is 15.0 Å². The van der Waals surface area contributed by atoms with Gasteiger partial charge in [-0.25, -0.2) is 4.98 Å². The van der Waals surface area contributed by atoms with Crippen LogP contribution in [0.2, 0.25) is 0 Å². The Hall–Kier alpha value is -0.930. The number of ether oxygens (including phenoxy) is 1. The largest absolute Gasteiger partial charge is 0.767 e. The molecule has 0 spiro atoms. The Kier molecular flexibility index (Phi) is 3.59. The minimum Gasteiger partial charge on any atom is -0.767 e. The molecule has 1 fully saturated rings. The summed E-state index contributed by atoms with van der Waals surface area (Å²) in [5.74, 6) is 0. The average molecular weight is 283 g/mol. The zero-order valence-corrected chi connectivity index (χ0v) is 11.1. The SMILES string of the molecule is N[C@@H]1COC[C@H](N2Cc3ncc(S(=O)[O-])nc3C2)C1. The van der Waals surface area contributed by atoms with Crippen molar-refractivity contribution in [3.05, 3.63) is 17.6 Å². The Balaban J connectivity index is 1.74. The zero-order chi connectivity index (χ0) is 13.4. The lowest BCUT2D eigenvalue weighted by atomic mass is 10.1. The van der Waals surface area contributed by atoms with Crippen LogP contribution in [-0.2, 0) is 28.9 Å². The van der Waals surface area contributed by atoms with Gasteiger partial charge in [-0.15, -0.1) is 0 Å². The normalized spacial score (nSPS) is 29.2. The molecule has 7 nitrogen and oxygen atoms in total. The van der Waals surface area contributed by atoms with Crippen molar-refractivity contribution in [2.24, 2.45) is 5.73 Å². The monoisotopic (exact) mass is 283 g/mol. The molecule has 104 valence electrons. The molecular weight excluding hydrogens is 268 g/mol. The molecule has 3 rings (SSSR count). The fourth-order valence-corrected chi connectivity index (χ4v) is 2.89. The first-order valence-electron chi connectivity index (χ1n) is 6.15. The first-order chi connectivity index (χ1) is 9.13. The standard InChI is InChI=1S/C11H16N4O3S/c12-7-1-8(6-18-5-7)15-3-9-10(4-15)14-11(2-13-9)19(16)17/h2,7-8H,1,3-6,12H2,(H,16,17)/p-1/t7-,8+/m0/s1. The summed E-state index contributed by atoms with van der Waals surface area (Å²) in [5.41, 5.74) is 7.48. The van der Waals surface area contributed by atoms with Crippen molar-refractivity contribution in [2.75, 3.05) is 13.2 Å². The smallest absolute Gasteiger partial charge is 0.132 e. The Labute approximate surface area is 113 Å². The van der Waals surface area contributed by atoms with Crippen molar-refractivity contribution in [2.45, 2.75) is 36.6 Å². The van der Waals surface area contributed by atoms with E-state index in [4.69, 9.17) is 10.5 Å². The topological polar surface area (TPSA) is 104 Å². The van der Waals surface area contributed by atoms with Crippen LogP contribution < -0.4 is 5.73 Å². The number of nitrogens with two attached hydrogens (primary N) is 1. The summed E-state index contributed by atoms with van der Waals surface area (Å²) in [6, 6.07) is 0.314. The first-order valence-corrected chi connectivity index (χ1v) is 7.22. The highest BCUT2D eigenvalue weighted by atomic mass is 32.2.